The third-order valence-corrected chi connectivity index (χ3v) is 3.67. The van der Waals surface area contributed by atoms with E-state index in [0.717, 1.165) is 10.2 Å². The van der Waals surface area contributed by atoms with Crippen LogP contribution >= 0.6 is 46.8 Å². The number of benzene rings is 1. The summed E-state index contributed by atoms with van der Waals surface area (Å²) >= 11 is 18.2. The molecule has 1 nitrogen and oxygen atoms in total. The van der Waals surface area contributed by atoms with Crippen LogP contribution in [0.5, 0.6) is 0 Å². The van der Waals surface area contributed by atoms with Crippen molar-refractivity contribution in [2.24, 2.45) is 0 Å². The SMILES string of the molecule is S=c1[nH]c2ccc(Cl)c(Cl)c2s1. The summed E-state index contributed by atoms with van der Waals surface area (Å²) in [5.41, 5.74) is 0.944. The first kappa shape index (κ1) is 8.51. The van der Waals surface area contributed by atoms with Gasteiger partial charge in [-0.1, -0.05) is 23.2 Å². The minimum Gasteiger partial charge on any atom is -0.337 e. The number of hydrogen-bond acceptors (Lipinski definition) is 2. The third-order valence-electron chi connectivity index (χ3n) is 1.48. The van der Waals surface area contributed by atoms with Gasteiger partial charge in [-0.05, 0) is 24.4 Å². The van der Waals surface area contributed by atoms with Gasteiger partial charge in [0.25, 0.3) is 0 Å². The van der Waals surface area contributed by atoms with Crippen LogP contribution in [0.1, 0.15) is 0 Å². The molecule has 1 aromatic carbocycles. The van der Waals surface area contributed by atoms with Crippen LogP contribution < -0.4 is 0 Å². The molecular formula is C7H3Cl2NS2. The van der Waals surface area contributed by atoms with Crippen molar-refractivity contribution in [2.45, 2.75) is 0 Å². The summed E-state index contributed by atoms with van der Waals surface area (Å²) in [5, 5.41) is 1.14. The first-order valence-corrected chi connectivity index (χ1v) is 5.13. The molecule has 0 unspecified atom stereocenters. The van der Waals surface area contributed by atoms with Gasteiger partial charge in [0.15, 0.2) is 3.95 Å². The monoisotopic (exact) mass is 235 g/mol. The van der Waals surface area contributed by atoms with Crippen LogP contribution in [0.3, 0.4) is 0 Å². The van der Waals surface area contributed by atoms with Gasteiger partial charge in [0, 0.05) is 0 Å². The molecule has 1 aromatic heterocycles. The number of halogens is 2. The Morgan fingerprint density at radius 3 is 2.83 bits per heavy atom. The second kappa shape index (κ2) is 3.00. The van der Waals surface area contributed by atoms with Gasteiger partial charge in [-0.3, -0.25) is 0 Å². The summed E-state index contributed by atoms with van der Waals surface area (Å²) < 4.78 is 1.64. The lowest BCUT2D eigenvalue weighted by Gasteiger charge is -1.94. The molecule has 0 saturated carbocycles. The van der Waals surface area contributed by atoms with Crippen LogP contribution in [0.4, 0.5) is 0 Å². The lowest BCUT2D eigenvalue weighted by Crippen LogP contribution is -1.69. The lowest BCUT2D eigenvalue weighted by atomic mass is 10.3. The van der Waals surface area contributed by atoms with Gasteiger partial charge in [-0.2, -0.15) is 0 Å². The van der Waals surface area contributed by atoms with Crippen LogP contribution in [-0.4, -0.2) is 4.98 Å². The fourth-order valence-electron chi connectivity index (χ4n) is 0.958. The maximum atomic E-state index is 5.95. The van der Waals surface area contributed by atoms with Crippen molar-refractivity contribution < 1.29 is 0 Å². The van der Waals surface area contributed by atoms with Gasteiger partial charge in [0.1, 0.15) is 0 Å². The van der Waals surface area contributed by atoms with Crippen LogP contribution in [0.25, 0.3) is 10.2 Å². The van der Waals surface area contributed by atoms with E-state index < -0.39 is 0 Å². The van der Waals surface area contributed by atoms with Gasteiger partial charge in [0.05, 0.1) is 20.3 Å². The van der Waals surface area contributed by atoms with Crippen molar-refractivity contribution in [3.8, 4) is 0 Å². The molecule has 0 aliphatic carbocycles. The molecule has 62 valence electrons. The summed E-state index contributed by atoms with van der Waals surface area (Å²) in [6.45, 7) is 0. The Morgan fingerprint density at radius 2 is 2.08 bits per heavy atom. The van der Waals surface area contributed by atoms with Gasteiger partial charge >= 0.3 is 0 Å². The highest BCUT2D eigenvalue weighted by Gasteiger charge is 2.05. The molecule has 2 aromatic rings. The van der Waals surface area contributed by atoms with E-state index in [9.17, 15) is 0 Å². The zero-order chi connectivity index (χ0) is 8.72. The molecule has 0 aliphatic rings. The van der Waals surface area contributed by atoms with E-state index in [2.05, 4.69) is 4.98 Å². The van der Waals surface area contributed by atoms with E-state index >= 15 is 0 Å². The summed E-state index contributed by atoms with van der Waals surface area (Å²) in [7, 11) is 0. The van der Waals surface area contributed by atoms with Gasteiger partial charge in [-0.15, -0.1) is 11.3 Å². The van der Waals surface area contributed by atoms with E-state index in [-0.39, 0.29) is 0 Å². The van der Waals surface area contributed by atoms with Crippen LogP contribution in [0.2, 0.25) is 10.0 Å². The summed E-state index contributed by atoms with van der Waals surface area (Å²) in [5.74, 6) is 0. The zero-order valence-electron chi connectivity index (χ0n) is 5.73. The van der Waals surface area contributed by atoms with Crippen molar-refractivity contribution in [1.29, 1.82) is 0 Å². The number of nitrogens with one attached hydrogen (secondary N) is 1. The molecule has 0 amide bonds. The van der Waals surface area contributed by atoms with Crippen molar-refractivity contribution in [2.75, 3.05) is 0 Å². The van der Waals surface area contributed by atoms with Crippen molar-refractivity contribution in [3.63, 3.8) is 0 Å². The standard InChI is InChI=1S/C7H3Cl2NS2/c8-3-1-2-4-6(5(3)9)12-7(11)10-4/h1-2H,(H,10,11). The number of aromatic nitrogens is 1. The quantitative estimate of drug-likeness (QED) is 0.675. The highest BCUT2D eigenvalue weighted by molar-refractivity contribution is 7.73. The molecule has 0 spiro atoms. The van der Waals surface area contributed by atoms with Gasteiger partial charge < -0.3 is 4.98 Å². The molecule has 2 rings (SSSR count). The smallest absolute Gasteiger partial charge is 0.159 e. The highest BCUT2D eigenvalue weighted by Crippen LogP contribution is 2.33. The van der Waals surface area contributed by atoms with Gasteiger partial charge in [0.2, 0.25) is 0 Å². The number of thiazole rings is 1. The summed E-state index contributed by atoms with van der Waals surface area (Å²) in [4.78, 5) is 3.02. The van der Waals surface area contributed by atoms with E-state index in [0.29, 0.717) is 14.0 Å². The minimum absolute atomic E-state index is 0.564. The zero-order valence-corrected chi connectivity index (χ0v) is 8.87. The number of rotatable bonds is 0. The molecule has 0 radical (unpaired) electrons. The Labute approximate surface area is 87.9 Å². The highest BCUT2D eigenvalue weighted by atomic mass is 35.5. The topological polar surface area (TPSA) is 15.8 Å². The van der Waals surface area contributed by atoms with E-state index in [1.54, 1.807) is 6.07 Å². The molecule has 12 heavy (non-hydrogen) atoms. The van der Waals surface area contributed by atoms with E-state index in [1.165, 1.54) is 11.3 Å². The molecule has 5 heteroatoms. The lowest BCUT2D eigenvalue weighted by molar-refractivity contribution is 1.47. The third kappa shape index (κ3) is 1.27. The predicted octanol–water partition coefficient (Wildman–Crippen LogP) is 4.27. The normalized spacial score (nSPS) is 10.8. The van der Waals surface area contributed by atoms with Crippen LogP contribution in [-0.2, 0) is 0 Å². The molecule has 1 N–H and O–H groups in total. The average Bonchev–Trinajstić information content (AvgIpc) is 2.39. The van der Waals surface area contributed by atoms with Crippen LogP contribution in [0.15, 0.2) is 12.1 Å². The maximum Gasteiger partial charge on any atom is 0.159 e. The Hall–Kier alpha value is -0.0900. The second-order valence-electron chi connectivity index (χ2n) is 2.25. The predicted molar refractivity (Wildman–Crippen MR) is 57.0 cm³/mol. The minimum atomic E-state index is 0.564. The Balaban J connectivity index is 2.99. The molecule has 0 bridgehead atoms. The fourth-order valence-corrected chi connectivity index (χ4v) is 2.59. The largest absolute Gasteiger partial charge is 0.337 e. The summed E-state index contributed by atoms with van der Waals surface area (Å²) in [6, 6.07) is 3.63. The van der Waals surface area contributed by atoms with Crippen LogP contribution in [0, 0.1) is 3.95 Å². The Bertz CT molecular complexity index is 486. The number of fused-ring (bicyclic) bond motifs is 1. The molecular weight excluding hydrogens is 233 g/mol. The molecule has 0 fully saturated rings. The molecule has 0 aliphatic heterocycles. The van der Waals surface area contributed by atoms with E-state index in [1.807, 2.05) is 6.07 Å². The number of aromatic amines is 1. The number of hydrogen-bond donors (Lipinski definition) is 1. The maximum absolute atomic E-state index is 5.95. The van der Waals surface area contributed by atoms with E-state index in [4.69, 9.17) is 35.4 Å². The molecule has 0 saturated heterocycles. The summed E-state index contributed by atoms with van der Waals surface area (Å²) in [6.07, 6.45) is 0. The second-order valence-corrected chi connectivity index (χ2v) is 4.73. The van der Waals surface area contributed by atoms with Crippen molar-refractivity contribution in [1.82, 2.24) is 4.98 Å². The van der Waals surface area contributed by atoms with Crippen molar-refractivity contribution in [3.05, 3.63) is 26.1 Å². The first-order chi connectivity index (χ1) is 5.68. The first-order valence-electron chi connectivity index (χ1n) is 3.15. The molecule has 1 heterocycles. The number of H-pyrrole nitrogens is 1. The Kier molecular flexibility index (Phi) is 2.12. The van der Waals surface area contributed by atoms with Crippen molar-refractivity contribution >= 4 is 57.0 Å². The average molecular weight is 236 g/mol. The Morgan fingerprint density at radius 1 is 1.33 bits per heavy atom. The molecule has 0 atom stereocenters. The van der Waals surface area contributed by atoms with Gasteiger partial charge in [-0.25, -0.2) is 0 Å². The fraction of sp³-hybridized carbons (Fsp3) is 0.